The van der Waals surface area contributed by atoms with Gasteiger partial charge in [0.1, 0.15) is 5.82 Å². The molecule has 14 heavy (non-hydrogen) atoms. The second-order valence-corrected chi connectivity index (χ2v) is 3.71. The Balaban J connectivity index is 2.62. The van der Waals surface area contributed by atoms with Crippen molar-refractivity contribution in [2.45, 2.75) is 19.8 Å². The van der Waals surface area contributed by atoms with E-state index in [1.165, 1.54) is 5.56 Å². The summed E-state index contributed by atoms with van der Waals surface area (Å²) in [6, 6.07) is 5.87. The van der Waals surface area contributed by atoms with E-state index in [9.17, 15) is 0 Å². The average Bonchev–Trinajstić information content (AvgIpc) is 2.16. The molecular weight excluding hydrogens is 174 g/mol. The number of fused-ring (bicyclic) bond motifs is 1. The number of hydrogen-bond acceptors (Lipinski definition) is 3. The first-order valence-corrected chi connectivity index (χ1v) is 4.69. The van der Waals surface area contributed by atoms with E-state index in [4.69, 9.17) is 5.73 Å². The van der Waals surface area contributed by atoms with E-state index < -0.39 is 0 Å². The number of nitrogens with two attached hydrogens (primary N) is 1. The molecule has 0 atom stereocenters. The molecule has 2 rings (SSSR count). The molecule has 2 aromatic rings. The fraction of sp³-hybridized carbons (Fsp3) is 0.273. The predicted octanol–water partition coefficient (Wildman–Crippen LogP) is 2.34. The first-order valence-electron chi connectivity index (χ1n) is 4.69. The molecule has 0 saturated heterocycles. The van der Waals surface area contributed by atoms with E-state index >= 15 is 0 Å². The largest absolute Gasteiger partial charge is 0.384 e. The van der Waals surface area contributed by atoms with E-state index in [-0.39, 0.29) is 0 Å². The van der Waals surface area contributed by atoms with Crippen LogP contribution in [-0.2, 0) is 0 Å². The molecule has 0 radical (unpaired) electrons. The van der Waals surface area contributed by atoms with Crippen molar-refractivity contribution in [1.82, 2.24) is 9.97 Å². The quantitative estimate of drug-likeness (QED) is 0.745. The fourth-order valence-electron chi connectivity index (χ4n) is 1.36. The fourth-order valence-corrected chi connectivity index (χ4v) is 1.36. The molecule has 72 valence electrons. The summed E-state index contributed by atoms with van der Waals surface area (Å²) in [6.07, 6.45) is 1.86. The van der Waals surface area contributed by atoms with Gasteiger partial charge in [-0.1, -0.05) is 13.8 Å². The predicted molar refractivity (Wildman–Crippen MR) is 58.0 cm³/mol. The monoisotopic (exact) mass is 187 g/mol. The Morgan fingerprint density at radius 1 is 1.29 bits per heavy atom. The highest BCUT2D eigenvalue weighted by Gasteiger charge is 2.02. The molecule has 0 unspecified atom stereocenters. The molecule has 0 spiro atoms. The van der Waals surface area contributed by atoms with Gasteiger partial charge in [0.2, 0.25) is 0 Å². The van der Waals surface area contributed by atoms with E-state index in [1.807, 2.05) is 12.3 Å². The summed E-state index contributed by atoms with van der Waals surface area (Å²) in [5.41, 5.74) is 7.51. The van der Waals surface area contributed by atoms with Gasteiger partial charge in [-0.15, -0.1) is 0 Å². The molecule has 0 bridgehead atoms. The van der Waals surface area contributed by atoms with E-state index in [0.717, 1.165) is 11.0 Å². The second-order valence-electron chi connectivity index (χ2n) is 3.71. The third-order valence-corrected chi connectivity index (χ3v) is 2.25. The molecule has 3 nitrogen and oxygen atoms in total. The number of aromatic nitrogens is 2. The minimum Gasteiger partial charge on any atom is -0.384 e. The van der Waals surface area contributed by atoms with Gasteiger partial charge in [0.15, 0.2) is 5.65 Å². The third kappa shape index (κ3) is 1.53. The summed E-state index contributed by atoms with van der Waals surface area (Å²) < 4.78 is 0. The van der Waals surface area contributed by atoms with Crippen LogP contribution in [0.4, 0.5) is 5.82 Å². The summed E-state index contributed by atoms with van der Waals surface area (Å²) >= 11 is 0. The molecule has 0 aliphatic rings. The molecular formula is C11H13N3. The van der Waals surface area contributed by atoms with Gasteiger partial charge in [-0.25, -0.2) is 9.97 Å². The standard InChI is InChI=1S/C11H13N3/c1-7(2)9-5-8-3-4-10(12)14-11(8)13-6-9/h3-7H,1-2H3,(H2,12,13,14). The number of rotatable bonds is 1. The smallest absolute Gasteiger partial charge is 0.161 e. The number of hydrogen-bond donors (Lipinski definition) is 1. The van der Waals surface area contributed by atoms with Gasteiger partial charge in [-0.3, -0.25) is 0 Å². The molecule has 2 heterocycles. The maximum Gasteiger partial charge on any atom is 0.161 e. The zero-order valence-electron chi connectivity index (χ0n) is 8.36. The zero-order valence-corrected chi connectivity index (χ0v) is 8.36. The van der Waals surface area contributed by atoms with Crippen molar-refractivity contribution in [3.05, 3.63) is 30.0 Å². The summed E-state index contributed by atoms with van der Waals surface area (Å²) in [4.78, 5) is 8.41. The Morgan fingerprint density at radius 2 is 2.07 bits per heavy atom. The van der Waals surface area contributed by atoms with Gasteiger partial charge in [-0.05, 0) is 29.7 Å². The Hall–Kier alpha value is -1.64. The van der Waals surface area contributed by atoms with Crippen LogP contribution in [0.25, 0.3) is 11.0 Å². The summed E-state index contributed by atoms with van der Waals surface area (Å²) in [5, 5.41) is 1.05. The highest BCUT2D eigenvalue weighted by Crippen LogP contribution is 2.18. The molecule has 3 heteroatoms. The van der Waals surface area contributed by atoms with Crippen molar-refractivity contribution in [1.29, 1.82) is 0 Å². The van der Waals surface area contributed by atoms with Crippen molar-refractivity contribution >= 4 is 16.9 Å². The molecule has 0 saturated carbocycles. The first kappa shape index (κ1) is 8.94. The molecule has 0 aliphatic heterocycles. The Labute approximate surface area is 83.0 Å². The van der Waals surface area contributed by atoms with E-state index in [2.05, 4.69) is 29.9 Å². The van der Waals surface area contributed by atoms with Crippen molar-refractivity contribution < 1.29 is 0 Å². The molecule has 2 N–H and O–H groups in total. The van der Waals surface area contributed by atoms with E-state index in [0.29, 0.717) is 11.7 Å². The van der Waals surface area contributed by atoms with Gasteiger partial charge in [0.05, 0.1) is 0 Å². The number of nitrogen functional groups attached to an aromatic ring is 1. The third-order valence-electron chi connectivity index (χ3n) is 2.25. The van der Waals surface area contributed by atoms with Crippen molar-refractivity contribution in [3.63, 3.8) is 0 Å². The maximum absolute atomic E-state index is 5.57. The van der Waals surface area contributed by atoms with Crippen LogP contribution in [0.3, 0.4) is 0 Å². The summed E-state index contributed by atoms with van der Waals surface area (Å²) in [5.74, 6) is 1.01. The van der Waals surface area contributed by atoms with Crippen molar-refractivity contribution in [3.8, 4) is 0 Å². The lowest BCUT2D eigenvalue weighted by atomic mass is 10.0. The van der Waals surface area contributed by atoms with Crippen LogP contribution < -0.4 is 5.73 Å². The van der Waals surface area contributed by atoms with Gasteiger partial charge in [-0.2, -0.15) is 0 Å². The van der Waals surface area contributed by atoms with Crippen molar-refractivity contribution in [2.24, 2.45) is 0 Å². The lowest BCUT2D eigenvalue weighted by Gasteiger charge is -2.05. The molecule has 0 fully saturated rings. The number of anilines is 1. The van der Waals surface area contributed by atoms with Crippen LogP contribution in [0.15, 0.2) is 24.4 Å². The number of pyridine rings is 2. The molecule has 2 aromatic heterocycles. The zero-order chi connectivity index (χ0) is 10.1. The van der Waals surface area contributed by atoms with Crippen LogP contribution >= 0.6 is 0 Å². The Kier molecular flexibility index (Phi) is 2.08. The van der Waals surface area contributed by atoms with E-state index in [1.54, 1.807) is 6.07 Å². The summed E-state index contributed by atoms with van der Waals surface area (Å²) in [7, 11) is 0. The van der Waals surface area contributed by atoms with Crippen LogP contribution in [0, 0.1) is 0 Å². The van der Waals surface area contributed by atoms with Crippen LogP contribution in [0.2, 0.25) is 0 Å². The SMILES string of the molecule is CC(C)c1cnc2nc(N)ccc2c1. The minimum absolute atomic E-state index is 0.490. The Bertz CT molecular complexity index is 463. The highest BCUT2D eigenvalue weighted by molar-refractivity contribution is 5.76. The molecule has 0 aromatic carbocycles. The average molecular weight is 187 g/mol. The number of nitrogens with zero attached hydrogens (tertiary/aromatic N) is 2. The molecule has 0 amide bonds. The minimum atomic E-state index is 0.490. The van der Waals surface area contributed by atoms with Crippen molar-refractivity contribution in [2.75, 3.05) is 5.73 Å². The second kappa shape index (κ2) is 3.25. The van der Waals surface area contributed by atoms with Gasteiger partial charge >= 0.3 is 0 Å². The lowest BCUT2D eigenvalue weighted by Crippen LogP contribution is -1.94. The normalized spacial score (nSPS) is 11.1. The van der Waals surface area contributed by atoms with Crippen LogP contribution in [-0.4, -0.2) is 9.97 Å². The first-order chi connectivity index (χ1) is 6.66. The summed E-state index contributed by atoms with van der Waals surface area (Å²) in [6.45, 7) is 4.29. The molecule has 0 aliphatic carbocycles. The van der Waals surface area contributed by atoms with Crippen LogP contribution in [0.5, 0.6) is 0 Å². The van der Waals surface area contributed by atoms with Gasteiger partial charge in [0, 0.05) is 11.6 Å². The van der Waals surface area contributed by atoms with Crippen LogP contribution in [0.1, 0.15) is 25.3 Å². The lowest BCUT2D eigenvalue weighted by molar-refractivity contribution is 0.861. The topological polar surface area (TPSA) is 51.8 Å². The van der Waals surface area contributed by atoms with Gasteiger partial charge < -0.3 is 5.73 Å². The highest BCUT2D eigenvalue weighted by atomic mass is 14.9. The maximum atomic E-state index is 5.57. The Morgan fingerprint density at radius 3 is 2.79 bits per heavy atom. The van der Waals surface area contributed by atoms with Gasteiger partial charge in [0.25, 0.3) is 0 Å².